The molecule has 26 heavy (non-hydrogen) atoms. The molecule has 2 aromatic carbocycles. The number of ether oxygens (including phenoxy) is 2. The zero-order valence-electron chi connectivity index (χ0n) is 15.2. The minimum absolute atomic E-state index is 0.0159. The molecule has 2 rings (SSSR count). The molecule has 0 aliphatic rings. The molecule has 0 saturated heterocycles. The predicted molar refractivity (Wildman–Crippen MR) is 113 cm³/mol. The Morgan fingerprint density at radius 2 is 1.88 bits per heavy atom. The van der Waals surface area contributed by atoms with Crippen molar-refractivity contribution in [3.63, 3.8) is 0 Å². The molecule has 0 bridgehead atoms. The summed E-state index contributed by atoms with van der Waals surface area (Å²) in [7, 11) is 1.65. The first-order valence-electron chi connectivity index (χ1n) is 8.55. The minimum Gasteiger partial charge on any atom is -0.497 e. The van der Waals surface area contributed by atoms with Crippen molar-refractivity contribution >= 4 is 34.2 Å². The van der Waals surface area contributed by atoms with Crippen LogP contribution in [-0.2, 0) is 9.53 Å². The lowest BCUT2D eigenvalue weighted by atomic mass is 9.93. The largest absolute Gasteiger partial charge is 0.497 e. The first-order valence-corrected chi connectivity index (χ1v) is 9.63. The number of carbonyl (C=O) groups excluding carboxylic acids is 1. The second-order valence-corrected chi connectivity index (χ2v) is 7.00. The second-order valence-electron chi connectivity index (χ2n) is 5.84. The van der Waals surface area contributed by atoms with E-state index in [1.807, 2.05) is 42.5 Å². The Balaban J connectivity index is 2.26. The van der Waals surface area contributed by atoms with E-state index >= 15 is 0 Å². The van der Waals surface area contributed by atoms with Crippen LogP contribution in [0, 0.1) is 9.49 Å². The van der Waals surface area contributed by atoms with Crippen molar-refractivity contribution in [3.05, 3.63) is 69.8 Å². The highest BCUT2D eigenvalue weighted by molar-refractivity contribution is 14.1. The number of rotatable bonds is 8. The Hall–Kier alpha value is -2.02. The molecule has 2 atom stereocenters. The maximum absolute atomic E-state index is 11.7. The van der Waals surface area contributed by atoms with Gasteiger partial charge < -0.3 is 14.8 Å². The molecule has 0 amide bonds. The maximum atomic E-state index is 11.7. The van der Waals surface area contributed by atoms with E-state index in [2.05, 4.69) is 47.0 Å². The van der Waals surface area contributed by atoms with E-state index in [0.29, 0.717) is 6.61 Å². The van der Waals surface area contributed by atoms with Crippen LogP contribution in [0.3, 0.4) is 0 Å². The molecule has 5 heteroatoms. The molecule has 0 aliphatic heterocycles. The molecule has 0 spiro atoms. The summed E-state index contributed by atoms with van der Waals surface area (Å²) in [6.45, 7) is 4.26. The standard InChI is InChI=1S/C21H24INO3/c1-4-26-20(24)14-9-15(2)21(18-7-5-6-8-19(18)22)23-16-10-12-17(25-3)13-11-16/h5-15,21,23H,4H2,1-3H3/b14-9+/t15-,21-/m0/s1. The lowest BCUT2D eigenvalue weighted by Crippen LogP contribution is -2.19. The zero-order chi connectivity index (χ0) is 18.9. The first kappa shape index (κ1) is 20.3. The van der Waals surface area contributed by atoms with Crippen LogP contribution in [0.25, 0.3) is 0 Å². The highest BCUT2D eigenvalue weighted by atomic mass is 127. The lowest BCUT2D eigenvalue weighted by molar-refractivity contribution is -0.137. The molecule has 0 fully saturated rings. The average Bonchev–Trinajstić information content (AvgIpc) is 2.65. The molecule has 0 heterocycles. The van der Waals surface area contributed by atoms with Crippen LogP contribution in [0.5, 0.6) is 5.75 Å². The number of hydrogen-bond acceptors (Lipinski definition) is 4. The maximum Gasteiger partial charge on any atom is 0.330 e. The van der Waals surface area contributed by atoms with Crippen LogP contribution in [-0.4, -0.2) is 19.7 Å². The minimum atomic E-state index is -0.315. The van der Waals surface area contributed by atoms with E-state index in [1.54, 1.807) is 14.0 Å². The van der Waals surface area contributed by atoms with Gasteiger partial charge in [-0.1, -0.05) is 31.2 Å². The number of esters is 1. The summed E-state index contributed by atoms with van der Waals surface area (Å²) < 4.78 is 11.4. The summed E-state index contributed by atoms with van der Waals surface area (Å²) in [5.41, 5.74) is 2.18. The number of carbonyl (C=O) groups is 1. The summed E-state index contributed by atoms with van der Waals surface area (Å²) in [5.74, 6) is 0.583. The average molecular weight is 465 g/mol. The van der Waals surface area contributed by atoms with Gasteiger partial charge in [0.05, 0.1) is 19.8 Å². The predicted octanol–water partition coefficient (Wildman–Crippen LogP) is 5.21. The topological polar surface area (TPSA) is 47.6 Å². The fraction of sp³-hybridized carbons (Fsp3) is 0.286. The summed E-state index contributed by atoms with van der Waals surface area (Å²) in [6, 6.07) is 16.1. The number of benzene rings is 2. The van der Waals surface area contributed by atoms with Crippen LogP contribution in [0.2, 0.25) is 0 Å². The molecular weight excluding hydrogens is 441 g/mol. The number of anilines is 1. The SMILES string of the molecule is CCOC(=O)/C=C/[C@H](C)[C@H](Nc1ccc(OC)cc1)c1ccccc1I. The van der Waals surface area contributed by atoms with Crippen LogP contribution in [0.4, 0.5) is 5.69 Å². The van der Waals surface area contributed by atoms with Crippen LogP contribution < -0.4 is 10.1 Å². The van der Waals surface area contributed by atoms with E-state index in [-0.39, 0.29) is 17.9 Å². The van der Waals surface area contributed by atoms with E-state index in [1.165, 1.54) is 15.2 Å². The van der Waals surface area contributed by atoms with Gasteiger partial charge in [0.1, 0.15) is 5.75 Å². The van der Waals surface area contributed by atoms with Gasteiger partial charge in [0, 0.05) is 15.3 Å². The van der Waals surface area contributed by atoms with Crippen molar-refractivity contribution < 1.29 is 14.3 Å². The fourth-order valence-corrected chi connectivity index (χ4v) is 3.34. The van der Waals surface area contributed by atoms with Crippen LogP contribution in [0.1, 0.15) is 25.5 Å². The number of nitrogens with one attached hydrogen (secondary N) is 1. The third-order valence-electron chi connectivity index (χ3n) is 4.00. The third kappa shape index (κ3) is 5.76. The number of halogens is 1. The van der Waals surface area contributed by atoms with Crippen molar-refractivity contribution in [3.8, 4) is 5.75 Å². The van der Waals surface area contributed by atoms with Crippen molar-refractivity contribution in [2.24, 2.45) is 5.92 Å². The quantitative estimate of drug-likeness (QED) is 0.331. The molecule has 0 aromatic heterocycles. The Bertz CT molecular complexity index is 743. The van der Waals surface area contributed by atoms with Gasteiger partial charge in [0.15, 0.2) is 0 Å². The Kier molecular flexibility index (Phi) is 7.97. The smallest absolute Gasteiger partial charge is 0.330 e. The summed E-state index contributed by atoms with van der Waals surface area (Å²) in [6.07, 6.45) is 3.40. The molecule has 2 aromatic rings. The van der Waals surface area contributed by atoms with Gasteiger partial charge in [0.2, 0.25) is 0 Å². The van der Waals surface area contributed by atoms with E-state index < -0.39 is 0 Å². The number of methoxy groups -OCH3 is 1. The van der Waals surface area contributed by atoms with Crippen molar-refractivity contribution in [2.45, 2.75) is 19.9 Å². The molecule has 0 unspecified atom stereocenters. The Morgan fingerprint density at radius 3 is 2.50 bits per heavy atom. The Morgan fingerprint density at radius 1 is 1.19 bits per heavy atom. The summed E-state index contributed by atoms with van der Waals surface area (Å²) in [5, 5.41) is 3.58. The molecule has 1 N–H and O–H groups in total. The summed E-state index contributed by atoms with van der Waals surface area (Å²) >= 11 is 2.34. The summed E-state index contributed by atoms with van der Waals surface area (Å²) in [4.78, 5) is 11.7. The highest BCUT2D eigenvalue weighted by Crippen LogP contribution is 2.31. The third-order valence-corrected chi connectivity index (χ3v) is 4.98. The fourth-order valence-electron chi connectivity index (χ4n) is 2.62. The molecule has 0 radical (unpaired) electrons. The van der Waals surface area contributed by atoms with Crippen molar-refractivity contribution in [2.75, 3.05) is 19.0 Å². The molecule has 0 saturated carbocycles. The molecular formula is C21H24INO3. The second kappa shape index (κ2) is 10.2. The molecule has 0 aliphatic carbocycles. The van der Waals surface area contributed by atoms with Crippen LogP contribution >= 0.6 is 22.6 Å². The van der Waals surface area contributed by atoms with E-state index in [0.717, 1.165) is 11.4 Å². The normalized spacial score (nSPS) is 13.2. The van der Waals surface area contributed by atoms with Gasteiger partial charge >= 0.3 is 5.97 Å². The molecule has 4 nitrogen and oxygen atoms in total. The van der Waals surface area contributed by atoms with Gasteiger partial charge in [0.25, 0.3) is 0 Å². The first-order chi connectivity index (χ1) is 12.5. The highest BCUT2D eigenvalue weighted by Gasteiger charge is 2.20. The van der Waals surface area contributed by atoms with Crippen molar-refractivity contribution in [1.29, 1.82) is 0 Å². The van der Waals surface area contributed by atoms with Gasteiger partial charge in [-0.3, -0.25) is 0 Å². The van der Waals surface area contributed by atoms with Crippen LogP contribution in [0.15, 0.2) is 60.7 Å². The lowest BCUT2D eigenvalue weighted by Gasteiger charge is -2.26. The van der Waals surface area contributed by atoms with Gasteiger partial charge in [-0.2, -0.15) is 0 Å². The molecule has 138 valence electrons. The van der Waals surface area contributed by atoms with Crippen molar-refractivity contribution in [1.82, 2.24) is 0 Å². The van der Waals surface area contributed by atoms with E-state index in [9.17, 15) is 4.79 Å². The van der Waals surface area contributed by atoms with E-state index in [4.69, 9.17) is 9.47 Å². The van der Waals surface area contributed by atoms with Gasteiger partial charge in [-0.05, 0) is 71.3 Å². The monoisotopic (exact) mass is 465 g/mol. The zero-order valence-corrected chi connectivity index (χ0v) is 17.4. The number of hydrogen-bond donors (Lipinski definition) is 1. The van der Waals surface area contributed by atoms with Gasteiger partial charge in [-0.25, -0.2) is 4.79 Å². The van der Waals surface area contributed by atoms with Gasteiger partial charge in [-0.15, -0.1) is 0 Å². The Labute approximate surface area is 168 Å².